The molecule has 0 bridgehead atoms. The first-order valence-electron chi connectivity index (χ1n) is 8.83. The van der Waals surface area contributed by atoms with Crippen LogP contribution >= 0.6 is 0 Å². The number of carbonyl (C=O) groups is 2. The Balaban J connectivity index is 2.14. The van der Waals surface area contributed by atoms with Crippen molar-refractivity contribution in [2.75, 3.05) is 13.7 Å². The summed E-state index contributed by atoms with van der Waals surface area (Å²) >= 11 is 0. The maximum absolute atomic E-state index is 12.5. The average molecular weight is 398 g/mol. The number of esters is 1. The largest absolute Gasteiger partial charge is 0.495 e. The van der Waals surface area contributed by atoms with Gasteiger partial charge in [-0.25, -0.2) is 17.9 Å². The number of carbonyl (C=O) groups excluding carboxylic acids is 2. The first kappa shape index (κ1) is 21.2. The molecule has 1 atom stereocenters. The van der Waals surface area contributed by atoms with Crippen molar-refractivity contribution in [2.24, 2.45) is 5.92 Å². The van der Waals surface area contributed by atoms with Gasteiger partial charge in [-0.3, -0.25) is 4.79 Å². The summed E-state index contributed by atoms with van der Waals surface area (Å²) in [6.45, 7) is 5.83. The third-order valence-corrected chi connectivity index (χ3v) is 5.47. The fourth-order valence-electron chi connectivity index (χ4n) is 2.23. The SMILES string of the molecule is COc1ccc(C(=O)O[C@@H](C)C(=O)NCC(C)C)cc1S(=O)(=O)NC1CC1. The van der Waals surface area contributed by atoms with Crippen LogP contribution < -0.4 is 14.8 Å². The highest BCUT2D eigenvalue weighted by atomic mass is 32.2. The molecule has 0 aliphatic heterocycles. The lowest BCUT2D eigenvalue weighted by Gasteiger charge is -2.15. The van der Waals surface area contributed by atoms with Gasteiger partial charge in [0, 0.05) is 12.6 Å². The second-order valence-corrected chi connectivity index (χ2v) is 8.63. The summed E-state index contributed by atoms with van der Waals surface area (Å²) in [6.07, 6.45) is 0.571. The molecule has 0 saturated heterocycles. The van der Waals surface area contributed by atoms with Crippen molar-refractivity contribution in [3.8, 4) is 5.75 Å². The van der Waals surface area contributed by atoms with Crippen molar-refractivity contribution >= 4 is 21.9 Å². The van der Waals surface area contributed by atoms with Crippen LogP contribution in [0.2, 0.25) is 0 Å². The Hall–Kier alpha value is -2.13. The van der Waals surface area contributed by atoms with E-state index in [1.807, 2.05) is 13.8 Å². The van der Waals surface area contributed by atoms with Crippen LogP contribution in [0.4, 0.5) is 0 Å². The van der Waals surface area contributed by atoms with Gasteiger partial charge in [0.25, 0.3) is 5.91 Å². The highest BCUT2D eigenvalue weighted by Crippen LogP contribution is 2.28. The lowest BCUT2D eigenvalue weighted by molar-refractivity contribution is -0.129. The summed E-state index contributed by atoms with van der Waals surface area (Å²) in [5.41, 5.74) is 0.0236. The van der Waals surface area contributed by atoms with E-state index in [1.54, 1.807) is 0 Å². The van der Waals surface area contributed by atoms with Crippen molar-refractivity contribution in [3.63, 3.8) is 0 Å². The standard InChI is InChI=1S/C18H26N2O6S/c1-11(2)10-19-17(21)12(3)26-18(22)13-5-8-15(25-4)16(9-13)27(23,24)20-14-6-7-14/h5,8-9,11-12,14,20H,6-7,10H2,1-4H3,(H,19,21)/t12-/m0/s1. The molecule has 0 unspecified atom stereocenters. The first-order valence-corrected chi connectivity index (χ1v) is 10.3. The van der Waals surface area contributed by atoms with Gasteiger partial charge in [-0.05, 0) is 43.9 Å². The van der Waals surface area contributed by atoms with Gasteiger partial charge in [-0.15, -0.1) is 0 Å². The van der Waals surface area contributed by atoms with Crippen LogP contribution in [0.15, 0.2) is 23.1 Å². The van der Waals surface area contributed by atoms with Crippen molar-refractivity contribution in [1.82, 2.24) is 10.0 Å². The number of hydrogen-bond donors (Lipinski definition) is 2. The van der Waals surface area contributed by atoms with E-state index in [9.17, 15) is 18.0 Å². The molecular weight excluding hydrogens is 372 g/mol. The number of ether oxygens (including phenoxy) is 2. The van der Waals surface area contributed by atoms with Gasteiger partial charge in [0.1, 0.15) is 10.6 Å². The second-order valence-electron chi connectivity index (χ2n) is 6.95. The molecule has 0 spiro atoms. The van der Waals surface area contributed by atoms with Gasteiger partial charge in [0.2, 0.25) is 10.0 Å². The van der Waals surface area contributed by atoms with E-state index in [0.29, 0.717) is 6.54 Å². The van der Waals surface area contributed by atoms with E-state index >= 15 is 0 Å². The number of rotatable bonds is 9. The first-order chi connectivity index (χ1) is 12.6. The molecule has 1 aromatic carbocycles. The topological polar surface area (TPSA) is 111 Å². The molecule has 0 aromatic heterocycles. The normalized spacial score (nSPS) is 15.3. The van der Waals surface area contributed by atoms with E-state index in [4.69, 9.17) is 9.47 Å². The van der Waals surface area contributed by atoms with Crippen molar-refractivity contribution in [2.45, 2.75) is 50.7 Å². The molecule has 1 fully saturated rings. The Bertz CT molecular complexity index is 802. The van der Waals surface area contributed by atoms with E-state index in [-0.39, 0.29) is 28.2 Å². The predicted octanol–water partition coefficient (Wildman–Crippen LogP) is 1.45. The van der Waals surface area contributed by atoms with Gasteiger partial charge in [0.05, 0.1) is 12.7 Å². The quantitative estimate of drug-likeness (QED) is 0.609. The summed E-state index contributed by atoms with van der Waals surface area (Å²) < 4.78 is 37.8. The lowest BCUT2D eigenvalue weighted by Crippen LogP contribution is -2.37. The highest BCUT2D eigenvalue weighted by molar-refractivity contribution is 7.89. The van der Waals surface area contributed by atoms with Crippen LogP contribution in [0, 0.1) is 5.92 Å². The molecule has 2 N–H and O–H groups in total. The number of sulfonamides is 1. The Kier molecular flexibility index (Phi) is 6.83. The maximum Gasteiger partial charge on any atom is 0.338 e. The Morgan fingerprint density at radius 1 is 1.22 bits per heavy atom. The summed E-state index contributed by atoms with van der Waals surface area (Å²) in [6, 6.07) is 3.90. The molecule has 1 amide bonds. The molecule has 1 aliphatic carbocycles. The maximum atomic E-state index is 12.5. The number of methoxy groups -OCH3 is 1. The third kappa shape index (κ3) is 5.93. The zero-order valence-electron chi connectivity index (χ0n) is 15.9. The minimum atomic E-state index is -3.82. The van der Waals surface area contributed by atoms with Crippen LogP contribution in [-0.2, 0) is 19.6 Å². The summed E-state index contributed by atoms with van der Waals surface area (Å²) in [7, 11) is -2.47. The number of benzene rings is 1. The van der Waals surface area contributed by atoms with E-state index < -0.39 is 28.0 Å². The third-order valence-electron chi connectivity index (χ3n) is 3.93. The number of amides is 1. The van der Waals surface area contributed by atoms with Gasteiger partial charge >= 0.3 is 5.97 Å². The number of hydrogen-bond acceptors (Lipinski definition) is 6. The summed E-state index contributed by atoms with van der Waals surface area (Å²) in [5.74, 6) is -0.797. The smallest absolute Gasteiger partial charge is 0.338 e. The van der Waals surface area contributed by atoms with Crippen LogP contribution in [0.1, 0.15) is 44.0 Å². The molecular formula is C18H26N2O6S. The summed E-state index contributed by atoms with van der Waals surface area (Å²) in [4.78, 5) is 24.2. The Morgan fingerprint density at radius 2 is 1.89 bits per heavy atom. The molecule has 150 valence electrons. The summed E-state index contributed by atoms with van der Waals surface area (Å²) in [5, 5.41) is 2.68. The Labute approximate surface area is 159 Å². The fourth-order valence-corrected chi connectivity index (χ4v) is 3.73. The molecule has 1 aliphatic rings. The lowest BCUT2D eigenvalue weighted by atomic mass is 10.2. The van der Waals surface area contributed by atoms with Gasteiger partial charge in [-0.1, -0.05) is 13.8 Å². The van der Waals surface area contributed by atoms with Crippen molar-refractivity contribution < 1.29 is 27.5 Å². The van der Waals surface area contributed by atoms with Crippen LogP contribution in [0.5, 0.6) is 5.75 Å². The van der Waals surface area contributed by atoms with E-state index in [0.717, 1.165) is 12.8 Å². The highest BCUT2D eigenvalue weighted by Gasteiger charge is 2.30. The zero-order valence-corrected chi connectivity index (χ0v) is 16.8. The average Bonchev–Trinajstić information content (AvgIpc) is 3.42. The van der Waals surface area contributed by atoms with Crippen LogP contribution in [-0.4, -0.2) is 46.1 Å². The van der Waals surface area contributed by atoms with Crippen LogP contribution in [0.25, 0.3) is 0 Å². The molecule has 1 saturated carbocycles. The van der Waals surface area contributed by atoms with Gasteiger partial charge in [0.15, 0.2) is 6.10 Å². The minimum Gasteiger partial charge on any atom is -0.495 e. The number of nitrogens with one attached hydrogen (secondary N) is 2. The molecule has 27 heavy (non-hydrogen) atoms. The second kappa shape index (κ2) is 8.71. The van der Waals surface area contributed by atoms with Gasteiger partial charge < -0.3 is 14.8 Å². The molecule has 2 rings (SSSR count). The minimum absolute atomic E-state index is 0.0236. The van der Waals surface area contributed by atoms with Crippen molar-refractivity contribution in [3.05, 3.63) is 23.8 Å². The monoisotopic (exact) mass is 398 g/mol. The molecule has 1 aromatic rings. The van der Waals surface area contributed by atoms with Crippen LogP contribution in [0.3, 0.4) is 0 Å². The predicted molar refractivity (Wildman–Crippen MR) is 99.1 cm³/mol. The molecule has 9 heteroatoms. The van der Waals surface area contributed by atoms with Crippen molar-refractivity contribution in [1.29, 1.82) is 0 Å². The molecule has 0 heterocycles. The Morgan fingerprint density at radius 3 is 2.44 bits per heavy atom. The molecule has 8 nitrogen and oxygen atoms in total. The zero-order chi connectivity index (χ0) is 20.2. The van der Waals surface area contributed by atoms with E-state index in [1.165, 1.54) is 32.2 Å². The molecule has 0 radical (unpaired) electrons. The van der Waals surface area contributed by atoms with Gasteiger partial charge in [-0.2, -0.15) is 0 Å². The van der Waals surface area contributed by atoms with E-state index in [2.05, 4.69) is 10.0 Å². The fraction of sp³-hybridized carbons (Fsp3) is 0.556.